The van der Waals surface area contributed by atoms with Gasteiger partial charge in [-0.25, -0.2) is 4.79 Å². The second kappa shape index (κ2) is 10.1. The number of anilines is 1. The van der Waals surface area contributed by atoms with Crippen molar-refractivity contribution in [1.82, 2.24) is 0 Å². The van der Waals surface area contributed by atoms with E-state index in [-0.39, 0.29) is 24.0 Å². The van der Waals surface area contributed by atoms with Crippen molar-refractivity contribution in [3.63, 3.8) is 0 Å². The Morgan fingerprint density at radius 1 is 0.968 bits per heavy atom. The standard InChI is InChI=1S/C25H24ClNO4/c1-17(2)15-27(24(28)19-6-4-3-5-7-19)22-13-12-21(26)14-23(22)31-16-18-8-10-20(11-9-18)25(29)30/h3-14,17H,15-16H2,1-2H3,(H,29,30). The van der Waals surface area contributed by atoms with E-state index in [1.807, 2.05) is 32.0 Å². The van der Waals surface area contributed by atoms with E-state index >= 15 is 0 Å². The van der Waals surface area contributed by atoms with Crippen molar-refractivity contribution in [2.45, 2.75) is 20.5 Å². The molecule has 0 aliphatic carbocycles. The molecule has 3 aromatic carbocycles. The van der Waals surface area contributed by atoms with Crippen LogP contribution in [-0.2, 0) is 6.61 Å². The first kappa shape index (κ1) is 22.4. The number of carboxylic acid groups (broad SMARTS) is 1. The summed E-state index contributed by atoms with van der Waals surface area (Å²) in [6, 6.07) is 20.8. The molecule has 5 nitrogen and oxygen atoms in total. The minimum Gasteiger partial charge on any atom is -0.487 e. The van der Waals surface area contributed by atoms with Crippen molar-refractivity contribution in [1.29, 1.82) is 0 Å². The van der Waals surface area contributed by atoms with Gasteiger partial charge < -0.3 is 14.7 Å². The smallest absolute Gasteiger partial charge is 0.335 e. The van der Waals surface area contributed by atoms with Gasteiger partial charge in [0.25, 0.3) is 5.91 Å². The third-order valence-electron chi connectivity index (χ3n) is 4.62. The Kier molecular flexibility index (Phi) is 7.32. The Hall–Kier alpha value is -3.31. The largest absolute Gasteiger partial charge is 0.487 e. The Bertz CT molecular complexity index is 1050. The van der Waals surface area contributed by atoms with Crippen LogP contribution in [0.5, 0.6) is 5.75 Å². The fraction of sp³-hybridized carbons (Fsp3) is 0.200. The number of hydrogen-bond donors (Lipinski definition) is 1. The van der Waals surface area contributed by atoms with E-state index in [2.05, 4.69) is 0 Å². The van der Waals surface area contributed by atoms with Crippen LogP contribution in [-0.4, -0.2) is 23.5 Å². The molecule has 1 amide bonds. The van der Waals surface area contributed by atoms with Gasteiger partial charge in [0.05, 0.1) is 11.3 Å². The first-order valence-corrected chi connectivity index (χ1v) is 10.3. The molecule has 6 heteroatoms. The highest BCUT2D eigenvalue weighted by Crippen LogP contribution is 2.33. The summed E-state index contributed by atoms with van der Waals surface area (Å²) in [5, 5.41) is 9.54. The number of halogens is 1. The summed E-state index contributed by atoms with van der Waals surface area (Å²) < 4.78 is 6.03. The predicted molar refractivity (Wildman–Crippen MR) is 122 cm³/mol. The van der Waals surface area contributed by atoms with Crippen molar-refractivity contribution in [2.24, 2.45) is 5.92 Å². The number of aromatic carboxylic acids is 1. The number of rotatable bonds is 8. The molecule has 0 atom stereocenters. The number of ether oxygens (including phenoxy) is 1. The molecule has 0 aliphatic rings. The lowest BCUT2D eigenvalue weighted by Gasteiger charge is -2.27. The van der Waals surface area contributed by atoms with Crippen LogP contribution in [0.1, 0.15) is 40.1 Å². The first-order valence-electron chi connectivity index (χ1n) is 9.96. The van der Waals surface area contributed by atoms with Gasteiger partial charge in [-0.1, -0.05) is 55.8 Å². The van der Waals surface area contributed by atoms with Crippen LogP contribution in [0.2, 0.25) is 5.02 Å². The van der Waals surface area contributed by atoms with Gasteiger partial charge in [-0.2, -0.15) is 0 Å². The normalized spacial score (nSPS) is 10.7. The molecule has 0 saturated carbocycles. The lowest BCUT2D eigenvalue weighted by molar-refractivity contribution is 0.0696. The second-order valence-electron chi connectivity index (χ2n) is 7.58. The van der Waals surface area contributed by atoms with E-state index < -0.39 is 5.97 Å². The van der Waals surface area contributed by atoms with Crippen LogP contribution < -0.4 is 9.64 Å². The third-order valence-corrected chi connectivity index (χ3v) is 4.86. The summed E-state index contributed by atoms with van der Waals surface area (Å²) in [7, 11) is 0. The predicted octanol–water partition coefficient (Wildman–Crippen LogP) is 5.92. The van der Waals surface area contributed by atoms with Crippen molar-refractivity contribution in [3.05, 3.63) is 94.5 Å². The molecule has 31 heavy (non-hydrogen) atoms. The number of carboxylic acids is 1. The molecule has 0 aliphatic heterocycles. The van der Waals surface area contributed by atoms with Gasteiger partial charge >= 0.3 is 5.97 Å². The Balaban J connectivity index is 1.90. The highest BCUT2D eigenvalue weighted by atomic mass is 35.5. The number of hydrogen-bond acceptors (Lipinski definition) is 3. The molecule has 0 bridgehead atoms. The second-order valence-corrected chi connectivity index (χ2v) is 8.01. The summed E-state index contributed by atoms with van der Waals surface area (Å²) in [5.74, 6) is -0.375. The number of carbonyl (C=O) groups excluding carboxylic acids is 1. The number of benzene rings is 3. The minimum atomic E-state index is -0.978. The zero-order chi connectivity index (χ0) is 22.4. The maximum atomic E-state index is 13.3. The monoisotopic (exact) mass is 437 g/mol. The van der Waals surface area contributed by atoms with Gasteiger partial charge in [0.15, 0.2) is 0 Å². The van der Waals surface area contributed by atoms with E-state index in [0.717, 1.165) is 5.56 Å². The molecule has 1 N–H and O–H groups in total. The average molecular weight is 438 g/mol. The van der Waals surface area contributed by atoms with Gasteiger partial charge in [0.2, 0.25) is 0 Å². The molecule has 0 radical (unpaired) electrons. The molecular weight excluding hydrogens is 414 g/mol. The van der Waals surface area contributed by atoms with Crippen LogP contribution in [0.25, 0.3) is 0 Å². The van der Waals surface area contributed by atoms with Gasteiger partial charge in [-0.05, 0) is 47.9 Å². The van der Waals surface area contributed by atoms with Crippen LogP contribution in [0.3, 0.4) is 0 Å². The topological polar surface area (TPSA) is 66.8 Å². The molecule has 0 spiro atoms. The van der Waals surface area contributed by atoms with Crippen molar-refractivity contribution in [3.8, 4) is 5.75 Å². The Morgan fingerprint density at radius 3 is 2.26 bits per heavy atom. The van der Waals surface area contributed by atoms with Gasteiger partial charge in [0.1, 0.15) is 12.4 Å². The fourth-order valence-corrected chi connectivity index (χ4v) is 3.29. The molecule has 0 unspecified atom stereocenters. The van der Waals surface area contributed by atoms with Crippen LogP contribution in [0, 0.1) is 5.92 Å². The Labute approximate surface area is 186 Å². The summed E-state index contributed by atoms with van der Waals surface area (Å²) in [5.41, 5.74) is 2.24. The lowest BCUT2D eigenvalue weighted by atomic mass is 10.1. The van der Waals surface area contributed by atoms with Gasteiger partial charge in [-0.15, -0.1) is 0 Å². The molecule has 3 rings (SSSR count). The first-order chi connectivity index (χ1) is 14.8. The van der Waals surface area contributed by atoms with Gasteiger partial charge in [-0.3, -0.25) is 4.79 Å². The van der Waals surface area contributed by atoms with E-state index in [1.165, 1.54) is 12.1 Å². The van der Waals surface area contributed by atoms with E-state index in [0.29, 0.717) is 28.6 Å². The third kappa shape index (κ3) is 5.86. The highest BCUT2D eigenvalue weighted by molar-refractivity contribution is 6.30. The summed E-state index contributed by atoms with van der Waals surface area (Å²) in [6.07, 6.45) is 0. The zero-order valence-electron chi connectivity index (χ0n) is 17.4. The minimum absolute atomic E-state index is 0.118. The molecule has 160 valence electrons. The summed E-state index contributed by atoms with van der Waals surface area (Å²) in [6.45, 7) is 4.82. The molecule has 0 aromatic heterocycles. The van der Waals surface area contributed by atoms with Crippen molar-refractivity contribution < 1.29 is 19.4 Å². The maximum absolute atomic E-state index is 13.3. The van der Waals surface area contributed by atoms with E-state index in [4.69, 9.17) is 21.4 Å². The zero-order valence-corrected chi connectivity index (χ0v) is 18.2. The SMILES string of the molecule is CC(C)CN(C(=O)c1ccccc1)c1ccc(Cl)cc1OCc1ccc(C(=O)O)cc1. The molecule has 0 fully saturated rings. The maximum Gasteiger partial charge on any atom is 0.335 e. The van der Waals surface area contributed by atoms with Crippen LogP contribution >= 0.6 is 11.6 Å². The van der Waals surface area contributed by atoms with E-state index in [1.54, 1.807) is 47.4 Å². The van der Waals surface area contributed by atoms with Gasteiger partial charge in [0, 0.05) is 23.2 Å². The number of carbonyl (C=O) groups is 2. The quantitative estimate of drug-likeness (QED) is 0.475. The number of nitrogens with zero attached hydrogens (tertiary/aromatic N) is 1. The van der Waals surface area contributed by atoms with E-state index in [9.17, 15) is 9.59 Å². The lowest BCUT2D eigenvalue weighted by Crippen LogP contribution is -2.34. The molecule has 3 aromatic rings. The fourth-order valence-electron chi connectivity index (χ4n) is 3.12. The summed E-state index contributed by atoms with van der Waals surface area (Å²) in [4.78, 5) is 26.0. The van der Waals surface area contributed by atoms with Crippen LogP contribution in [0.4, 0.5) is 5.69 Å². The number of amides is 1. The molecular formula is C25H24ClNO4. The van der Waals surface area contributed by atoms with Crippen LogP contribution in [0.15, 0.2) is 72.8 Å². The van der Waals surface area contributed by atoms with Crippen molar-refractivity contribution in [2.75, 3.05) is 11.4 Å². The molecule has 0 heterocycles. The van der Waals surface area contributed by atoms with Crippen molar-refractivity contribution >= 4 is 29.2 Å². The average Bonchev–Trinajstić information content (AvgIpc) is 2.76. The summed E-state index contributed by atoms with van der Waals surface area (Å²) >= 11 is 6.21. The molecule has 0 saturated heterocycles. The highest BCUT2D eigenvalue weighted by Gasteiger charge is 2.22. The Morgan fingerprint density at radius 2 is 1.65 bits per heavy atom.